The molecule has 0 aliphatic rings. The van der Waals surface area contributed by atoms with Crippen LogP contribution in [0.3, 0.4) is 0 Å². The third-order valence-electron chi connectivity index (χ3n) is 4.06. The lowest BCUT2D eigenvalue weighted by atomic mass is 9.92. The van der Waals surface area contributed by atoms with Crippen LogP contribution in [-0.2, 0) is 18.0 Å². The van der Waals surface area contributed by atoms with Gasteiger partial charge >= 0.3 is 6.18 Å². The van der Waals surface area contributed by atoms with E-state index < -0.39 is 12.0 Å². The van der Waals surface area contributed by atoms with Crippen LogP contribution in [0.25, 0.3) is 0 Å². The summed E-state index contributed by atoms with van der Waals surface area (Å²) in [5, 5.41) is 9.66. The number of carbonyl (C=O) groups is 1. The number of rotatable bonds is 6. The second kappa shape index (κ2) is 8.33. The van der Waals surface area contributed by atoms with Gasteiger partial charge in [-0.1, -0.05) is 57.7 Å². The van der Waals surface area contributed by atoms with E-state index in [4.69, 9.17) is 0 Å². The maximum absolute atomic E-state index is 12.8. The Morgan fingerprint density at radius 1 is 1.15 bits per heavy atom. The molecule has 0 fully saturated rings. The van der Waals surface area contributed by atoms with Crippen LogP contribution in [0, 0.1) is 0 Å². The number of anilines is 1. The van der Waals surface area contributed by atoms with Crippen LogP contribution in [0.4, 0.5) is 18.9 Å². The van der Waals surface area contributed by atoms with Gasteiger partial charge in [-0.15, -0.1) is 10.2 Å². The van der Waals surface area contributed by atoms with Crippen LogP contribution in [0.15, 0.2) is 23.4 Å². The lowest BCUT2D eigenvalue weighted by molar-refractivity contribution is -0.147. The lowest BCUT2D eigenvalue weighted by Crippen LogP contribution is -2.18. The molecule has 27 heavy (non-hydrogen) atoms. The van der Waals surface area contributed by atoms with E-state index in [0.29, 0.717) is 0 Å². The Kier molecular flexibility index (Phi) is 6.56. The first-order valence-corrected chi connectivity index (χ1v) is 9.53. The molecule has 0 spiro atoms. The molecule has 2 aromatic rings. The first kappa shape index (κ1) is 21.3. The SMILES string of the molecule is CC(C)c1cccc(C(C)C)c1NC(=O)CSc1nnc(C(F)(F)F)n1C. The van der Waals surface area contributed by atoms with Crippen LogP contribution in [0.5, 0.6) is 0 Å². The standard InChI is InChI=1S/C18H23F3N4OS/c1-10(2)12-7-6-8-13(11(3)4)15(12)22-14(26)9-27-17-24-23-16(25(17)5)18(19,20)21/h6-8,10-11H,9H2,1-5H3,(H,22,26). The Morgan fingerprint density at radius 3 is 2.15 bits per heavy atom. The molecule has 0 unspecified atom stereocenters. The van der Waals surface area contributed by atoms with Crippen molar-refractivity contribution in [1.82, 2.24) is 14.8 Å². The summed E-state index contributed by atoms with van der Waals surface area (Å²) in [4.78, 5) is 12.4. The first-order chi connectivity index (χ1) is 12.5. The number of benzene rings is 1. The van der Waals surface area contributed by atoms with Gasteiger partial charge in [0.1, 0.15) is 0 Å². The number of thioether (sulfide) groups is 1. The van der Waals surface area contributed by atoms with Gasteiger partial charge in [-0.25, -0.2) is 0 Å². The van der Waals surface area contributed by atoms with E-state index in [9.17, 15) is 18.0 Å². The maximum Gasteiger partial charge on any atom is 0.451 e. The molecule has 1 N–H and O–H groups in total. The van der Waals surface area contributed by atoms with Gasteiger partial charge in [0.15, 0.2) is 5.16 Å². The summed E-state index contributed by atoms with van der Waals surface area (Å²) in [6, 6.07) is 5.91. The third-order valence-corrected chi connectivity index (χ3v) is 5.08. The molecule has 1 aromatic carbocycles. The summed E-state index contributed by atoms with van der Waals surface area (Å²) >= 11 is 0.917. The second-order valence-corrected chi connectivity index (χ2v) is 7.76. The van der Waals surface area contributed by atoms with Gasteiger partial charge in [0.05, 0.1) is 5.75 Å². The highest BCUT2D eigenvalue weighted by Crippen LogP contribution is 2.33. The maximum atomic E-state index is 12.8. The fourth-order valence-electron chi connectivity index (χ4n) is 2.69. The molecule has 5 nitrogen and oxygen atoms in total. The van der Waals surface area contributed by atoms with Crippen molar-refractivity contribution in [3.8, 4) is 0 Å². The zero-order valence-electron chi connectivity index (χ0n) is 15.9. The zero-order chi connectivity index (χ0) is 20.4. The van der Waals surface area contributed by atoms with Crippen molar-refractivity contribution < 1.29 is 18.0 Å². The molecule has 1 heterocycles. The number of amides is 1. The van der Waals surface area contributed by atoms with Gasteiger partial charge in [0, 0.05) is 12.7 Å². The summed E-state index contributed by atoms with van der Waals surface area (Å²) in [5.74, 6) is -1.00. The van der Waals surface area contributed by atoms with Gasteiger partial charge in [-0.05, 0) is 23.0 Å². The Bertz CT molecular complexity index is 789. The predicted octanol–water partition coefficient (Wildman–Crippen LogP) is 4.81. The highest BCUT2D eigenvalue weighted by Gasteiger charge is 2.37. The normalized spacial score (nSPS) is 12.1. The molecular weight excluding hydrogens is 377 g/mol. The summed E-state index contributed by atoms with van der Waals surface area (Å²) in [7, 11) is 1.23. The predicted molar refractivity (Wildman–Crippen MR) is 100.0 cm³/mol. The van der Waals surface area contributed by atoms with E-state index >= 15 is 0 Å². The lowest BCUT2D eigenvalue weighted by Gasteiger charge is -2.20. The molecule has 0 radical (unpaired) electrons. The molecule has 0 aliphatic carbocycles. The molecule has 9 heteroatoms. The van der Waals surface area contributed by atoms with Gasteiger partial charge < -0.3 is 9.88 Å². The minimum atomic E-state index is -4.58. The number of alkyl halides is 3. The zero-order valence-corrected chi connectivity index (χ0v) is 16.7. The van der Waals surface area contributed by atoms with Crippen molar-refractivity contribution >= 4 is 23.4 Å². The number of nitrogens with one attached hydrogen (secondary N) is 1. The quantitative estimate of drug-likeness (QED) is 0.707. The van der Waals surface area contributed by atoms with E-state index in [-0.39, 0.29) is 28.7 Å². The minimum Gasteiger partial charge on any atom is -0.325 e. The first-order valence-electron chi connectivity index (χ1n) is 8.54. The van der Waals surface area contributed by atoms with E-state index in [1.165, 1.54) is 7.05 Å². The topological polar surface area (TPSA) is 59.8 Å². The number of aromatic nitrogens is 3. The number of para-hydroxylation sites is 1. The van der Waals surface area contributed by atoms with Crippen LogP contribution in [-0.4, -0.2) is 26.4 Å². The summed E-state index contributed by atoms with van der Waals surface area (Å²) < 4.78 is 39.2. The summed E-state index contributed by atoms with van der Waals surface area (Å²) in [6.07, 6.45) is -4.58. The summed E-state index contributed by atoms with van der Waals surface area (Å²) in [6.45, 7) is 8.17. The molecule has 0 saturated heterocycles. The summed E-state index contributed by atoms with van der Waals surface area (Å²) in [5.41, 5.74) is 2.83. The van der Waals surface area contributed by atoms with Gasteiger partial charge in [-0.3, -0.25) is 4.79 Å². The molecule has 1 aromatic heterocycles. The molecule has 148 valence electrons. The number of carbonyl (C=O) groups excluding carboxylic acids is 1. The highest BCUT2D eigenvalue weighted by molar-refractivity contribution is 7.99. The van der Waals surface area contributed by atoms with Crippen molar-refractivity contribution in [3.63, 3.8) is 0 Å². The van der Waals surface area contributed by atoms with Crippen molar-refractivity contribution in [3.05, 3.63) is 35.2 Å². The number of hydrogen-bond acceptors (Lipinski definition) is 4. The molecule has 0 bridgehead atoms. The van der Waals surface area contributed by atoms with Crippen molar-refractivity contribution in [1.29, 1.82) is 0 Å². The smallest absolute Gasteiger partial charge is 0.325 e. The Morgan fingerprint density at radius 2 is 1.70 bits per heavy atom. The molecule has 2 rings (SSSR count). The fourth-order valence-corrected chi connectivity index (χ4v) is 3.40. The minimum absolute atomic E-state index is 0.0405. The van der Waals surface area contributed by atoms with Crippen molar-refractivity contribution in [2.75, 3.05) is 11.1 Å². The van der Waals surface area contributed by atoms with Crippen LogP contribution in [0.2, 0.25) is 0 Å². The van der Waals surface area contributed by atoms with Gasteiger partial charge in [-0.2, -0.15) is 13.2 Å². The molecular formula is C18H23F3N4OS. The molecule has 1 amide bonds. The third kappa shape index (κ3) is 5.03. The van der Waals surface area contributed by atoms with Gasteiger partial charge in [0.25, 0.3) is 0 Å². The average molecular weight is 400 g/mol. The molecule has 0 atom stereocenters. The Balaban J connectivity index is 2.14. The van der Waals surface area contributed by atoms with Crippen LogP contribution < -0.4 is 5.32 Å². The van der Waals surface area contributed by atoms with Crippen molar-refractivity contribution in [2.24, 2.45) is 7.05 Å². The largest absolute Gasteiger partial charge is 0.451 e. The van der Waals surface area contributed by atoms with E-state index in [2.05, 4.69) is 15.5 Å². The van der Waals surface area contributed by atoms with Crippen LogP contribution in [0.1, 0.15) is 56.5 Å². The average Bonchev–Trinajstić information content (AvgIpc) is 2.93. The van der Waals surface area contributed by atoms with Crippen molar-refractivity contribution in [2.45, 2.75) is 50.9 Å². The monoisotopic (exact) mass is 400 g/mol. The molecule has 0 saturated carbocycles. The number of hydrogen-bond donors (Lipinski definition) is 1. The van der Waals surface area contributed by atoms with E-state index in [0.717, 1.165) is 33.1 Å². The number of nitrogens with zero attached hydrogens (tertiary/aromatic N) is 3. The highest BCUT2D eigenvalue weighted by atomic mass is 32.2. The van der Waals surface area contributed by atoms with E-state index in [1.54, 1.807) is 0 Å². The Labute approximate surface area is 160 Å². The second-order valence-electron chi connectivity index (χ2n) is 6.82. The number of halogens is 3. The molecule has 0 aliphatic heterocycles. The fraction of sp³-hybridized carbons (Fsp3) is 0.500. The van der Waals surface area contributed by atoms with E-state index in [1.807, 2.05) is 45.9 Å². The van der Waals surface area contributed by atoms with Crippen LogP contribution >= 0.6 is 11.8 Å². The Hall–Kier alpha value is -2.03. The van der Waals surface area contributed by atoms with Gasteiger partial charge in [0.2, 0.25) is 11.7 Å².